The number of halogens is 1. The van der Waals surface area contributed by atoms with E-state index in [2.05, 4.69) is 0 Å². The number of aliphatic hydroxyl groups is 1. The third kappa shape index (κ3) is 3.82. The highest BCUT2D eigenvalue weighted by molar-refractivity contribution is 5.33. The molecule has 3 heteroatoms. The van der Waals surface area contributed by atoms with Gasteiger partial charge in [-0.1, -0.05) is 50.2 Å². The Hall–Kier alpha value is -1.87. The summed E-state index contributed by atoms with van der Waals surface area (Å²) in [5, 5.41) is 10.6. The average Bonchev–Trinajstić information content (AvgIpc) is 2.48. The molecule has 0 amide bonds. The first-order chi connectivity index (χ1) is 9.99. The molecule has 0 radical (unpaired) electrons. The number of hydrogen-bond donors (Lipinski definition) is 1. The highest BCUT2D eigenvalue weighted by atomic mass is 19.1. The maximum Gasteiger partial charge on any atom is 0.131 e. The standard InChI is InChI=1S/C18H21FO2/c1-12(2)18(17(20)14-7-5-4-6-8-14)21-16-11-15(19)10-9-13(16)3/h4-12,17-18,20H,1-3H3. The van der Waals surface area contributed by atoms with Crippen molar-refractivity contribution in [3.8, 4) is 5.75 Å². The second kappa shape index (κ2) is 6.72. The zero-order chi connectivity index (χ0) is 15.4. The molecule has 0 saturated heterocycles. The van der Waals surface area contributed by atoms with E-state index in [4.69, 9.17) is 4.74 Å². The first-order valence-electron chi connectivity index (χ1n) is 7.15. The van der Waals surface area contributed by atoms with E-state index >= 15 is 0 Å². The summed E-state index contributed by atoms with van der Waals surface area (Å²) >= 11 is 0. The van der Waals surface area contributed by atoms with E-state index in [0.717, 1.165) is 11.1 Å². The molecule has 0 aromatic heterocycles. The van der Waals surface area contributed by atoms with Gasteiger partial charge in [0.25, 0.3) is 0 Å². The second-order valence-electron chi connectivity index (χ2n) is 5.59. The predicted octanol–water partition coefficient (Wildman–Crippen LogP) is 4.27. The third-order valence-electron chi connectivity index (χ3n) is 3.52. The van der Waals surface area contributed by atoms with Crippen LogP contribution in [0.4, 0.5) is 4.39 Å². The Morgan fingerprint density at radius 1 is 1.05 bits per heavy atom. The van der Waals surface area contributed by atoms with Crippen molar-refractivity contribution in [2.75, 3.05) is 0 Å². The lowest BCUT2D eigenvalue weighted by atomic mass is 9.96. The fourth-order valence-electron chi connectivity index (χ4n) is 2.25. The minimum atomic E-state index is -0.756. The summed E-state index contributed by atoms with van der Waals surface area (Å²) in [5.74, 6) is 0.221. The van der Waals surface area contributed by atoms with Crippen LogP contribution in [0.25, 0.3) is 0 Å². The van der Waals surface area contributed by atoms with Gasteiger partial charge >= 0.3 is 0 Å². The van der Waals surface area contributed by atoms with Gasteiger partial charge in [-0.05, 0) is 30.0 Å². The Bertz CT molecular complexity index is 581. The van der Waals surface area contributed by atoms with E-state index in [1.807, 2.05) is 51.1 Å². The van der Waals surface area contributed by atoms with Gasteiger partial charge in [-0.15, -0.1) is 0 Å². The molecule has 0 aliphatic rings. The maximum atomic E-state index is 13.4. The van der Waals surface area contributed by atoms with Crippen LogP contribution in [0.3, 0.4) is 0 Å². The maximum absolute atomic E-state index is 13.4. The van der Waals surface area contributed by atoms with Crippen LogP contribution in [0.15, 0.2) is 48.5 Å². The molecule has 2 aromatic rings. The van der Waals surface area contributed by atoms with Crippen LogP contribution < -0.4 is 4.74 Å². The number of benzene rings is 2. The topological polar surface area (TPSA) is 29.5 Å². The first-order valence-corrected chi connectivity index (χ1v) is 7.15. The highest BCUT2D eigenvalue weighted by Gasteiger charge is 2.26. The third-order valence-corrected chi connectivity index (χ3v) is 3.52. The van der Waals surface area contributed by atoms with Crippen LogP contribution in [0, 0.1) is 18.7 Å². The van der Waals surface area contributed by atoms with Gasteiger partial charge in [0, 0.05) is 6.07 Å². The molecule has 0 saturated carbocycles. The summed E-state index contributed by atoms with van der Waals surface area (Å²) in [4.78, 5) is 0. The SMILES string of the molecule is Cc1ccc(F)cc1OC(C(C)C)C(O)c1ccccc1. The largest absolute Gasteiger partial charge is 0.487 e. The van der Waals surface area contributed by atoms with Gasteiger partial charge in [0.2, 0.25) is 0 Å². The summed E-state index contributed by atoms with van der Waals surface area (Å²) in [6.07, 6.45) is -1.19. The van der Waals surface area contributed by atoms with Crippen molar-refractivity contribution in [3.05, 3.63) is 65.5 Å². The van der Waals surface area contributed by atoms with Gasteiger partial charge in [0.05, 0.1) is 0 Å². The van der Waals surface area contributed by atoms with Crippen molar-refractivity contribution in [1.29, 1.82) is 0 Å². The molecule has 112 valence electrons. The van der Waals surface area contributed by atoms with E-state index in [1.54, 1.807) is 6.07 Å². The first kappa shape index (κ1) is 15.5. The minimum absolute atomic E-state index is 0.0860. The van der Waals surface area contributed by atoms with Crippen molar-refractivity contribution < 1.29 is 14.2 Å². The Balaban J connectivity index is 2.25. The molecular weight excluding hydrogens is 267 g/mol. The van der Waals surface area contributed by atoms with E-state index < -0.39 is 12.2 Å². The number of aryl methyl sites for hydroxylation is 1. The van der Waals surface area contributed by atoms with Crippen molar-refractivity contribution in [1.82, 2.24) is 0 Å². The summed E-state index contributed by atoms with van der Waals surface area (Å²) < 4.78 is 19.3. The zero-order valence-electron chi connectivity index (χ0n) is 12.6. The lowest BCUT2D eigenvalue weighted by Gasteiger charge is -2.28. The Labute approximate surface area is 125 Å². The molecule has 0 spiro atoms. The average molecular weight is 288 g/mol. The van der Waals surface area contributed by atoms with Gasteiger partial charge in [0.1, 0.15) is 23.8 Å². The molecular formula is C18H21FO2. The smallest absolute Gasteiger partial charge is 0.131 e. The van der Waals surface area contributed by atoms with Crippen LogP contribution in [0.5, 0.6) is 5.75 Å². The molecule has 0 bridgehead atoms. The molecule has 2 atom stereocenters. The minimum Gasteiger partial charge on any atom is -0.487 e. The quantitative estimate of drug-likeness (QED) is 0.890. The Morgan fingerprint density at radius 2 is 1.71 bits per heavy atom. The highest BCUT2D eigenvalue weighted by Crippen LogP contribution is 2.29. The molecule has 0 heterocycles. The summed E-state index contributed by atoms with van der Waals surface area (Å²) in [6, 6.07) is 13.8. The second-order valence-corrected chi connectivity index (χ2v) is 5.59. The predicted molar refractivity (Wildman–Crippen MR) is 81.8 cm³/mol. The van der Waals surface area contributed by atoms with E-state index in [9.17, 15) is 9.50 Å². The Morgan fingerprint density at radius 3 is 2.33 bits per heavy atom. The monoisotopic (exact) mass is 288 g/mol. The van der Waals surface area contributed by atoms with Crippen LogP contribution in [0.1, 0.15) is 31.1 Å². The van der Waals surface area contributed by atoms with Crippen LogP contribution >= 0.6 is 0 Å². The normalized spacial score (nSPS) is 14.0. The molecule has 0 fully saturated rings. The van der Waals surface area contributed by atoms with Gasteiger partial charge in [-0.3, -0.25) is 0 Å². The van der Waals surface area contributed by atoms with Crippen LogP contribution in [-0.4, -0.2) is 11.2 Å². The van der Waals surface area contributed by atoms with Crippen molar-refractivity contribution in [2.45, 2.75) is 33.0 Å². The van der Waals surface area contributed by atoms with Crippen molar-refractivity contribution >= 4 is 0 Å². The molecule has 2 aromatic carbocycles. The van der Waals surface area contributed by atoms with E-state index in [0.29, 0.717) is 5.75 Å². The molecule has 0 aliphatic carbocycles. The van der Waals surface area contributed by atoms with Gasteiger partial charge in [-0.2, -0.15) is 0 Å². The van der Waals surface area contributed by atoms with Crippen LogP contribution in [-0.2, 0) is 0 Å². The molecule has 2 rings (SSSR count). The van der Waals surface area contributed by atoms with Crippen molar-refractivity contribution in [2.24, 2.45) is 5.92 Å². The lowest BCUT2D eigenvalue weighted by molar-refractivity contribution is 0.00734. The number of ether oxygens (including phenoxy) is 1. The Kier molecular flexibility index (Phi) is 4.97. The molecule has 21 heavy (non-hydrogen) atoms. The lowest BCUT2D eigenvalue weighted by Crippen LogP contribution is -2.31. The fraction of sp³-hybridized carbons (Fsp3) is 0.333. The van der Waals surface area contributed by atoms with E-state index in [-0.39, 0.29) is 11.7 Å². The molecule has 2 unspecified atom stereocenters. The van der Waals surface area contributed by atoms with Gasteiger partial charge in [0.15, 0.2) is 0 Å². The summed E-state index contributed by atoms with van der Waals surface area (Å²) in [5.41, 5.74) is 1.65. The number of hydrogen-bond acceptors (Lipinski definition) is 2. The van der Waals surface area contributed by atoms with Gasteiger partial charge in [-0.25, -0.2) is 4.39 Å². The zero-order valence-corrected chi connectivity index (χ0v) is 12.6. The summed E-state index contributed by atoms with van der Waals surface area (Å²) in [7, 11) is 0. The number of aliphatic hydroxyl groups excluding tert-OH is 1. The van der Waals surface area contributed by atoms with E-state index in [1.165, 1.54) is 12.1 Å². The van der Waals surface area contributed by atoms with Crippen molar-refractivity contribution in [3.63, 3.8) is 0 Å². The summed E-state index contributed by atoms with van der Waals surface area (Å²) in [6.45, 7) is 5.82. The fourth-order valence-corrected chi connectivity index (χ4v) is 2.25. The molecule has 1 N–H and O–H groups in total. The molecule has 2 nitrogen and oxygen atoms in total. The number of rotatable bonds is 5. The van der Waals surface area contributed by atoms with Gasteiger partial charge < -0.3 is 9.84 Å². The van der Waals surface area contributed by atoms with Crippen LogP contribution in [0.2, 0.25) is 0 Å². The molecule has 0 aliphatic heterocycles.